The standard InChI is InChI=1S/C14H25N3O/c1-14(2,3)11-7-5-10(6-8-11)13-16-15-12(9-18)17(13)4/h10-11,18H,5-9H2,1-4H3. The van der Waals surface area contributed by atoms with Crippen LogP contribution in [-0.2, 0) is 13.7 Å². The Morgan fingerprint density at radius 1 is 1.17 bits per heavy atom. The summed E-state index contributed by atoms with van der Waals surface area (Å²) in [7, 11) is 1.96. The molecule has 0 aromatic carbocycles. The Morgan fingerprint density at radius 3 is 2.22 bits per heavy atom. The number of hydrogen-bond acceptors (Lipinski definition) is 3. The average molecular weight is 251 g/mol. The molecule has 1 N–H and O–H groups in total. The molecule has 0 saturated heterocycles. The van der Waals surface area contributed by atoms with Gasteiger partial charge in [-0.25, -0.2) is 0 Å². The minimum Gasteiger partial charge on any atom is -0.388 e. The molecule has 0 bridgehead atoms. The van der Waals surface area contributed by atoms with Gasteiger partial charge < -0.3 is 9.67 Å². The van der Waals surface area contributed by atoms with Crippen LogP contribution in [0, 0.1) is 11.3 Å². The van der Waals surface area contributed by atoms with Crippen molar-refractivity contribution in [1.82, 2.24) is 14.8 Å². The number of aliphatic hydroxyl groups is 1. The molecule has 2 rings (SSSR count). The summed E-state index contributed by atoms with van der Waals surface area (Å²) in [6.45, 7) is 6.99. The topological polar surface area (TPSA) is 50.9 Å². The average Bonchev–Trinajstić information content (AvgIpc) is 2.69. The molecular weight excluding hydrogens is 226 g/mol. The van der Waals surface area contributed by atoms with Crippen molar-refractivity contribution >= 4 is 0 Å². The minimum atomic E-state index is -0.0269. The summed E-state index contributed by atoms with van der Waals surface area (Å²) in [5, 5.41) is 17.4. The molecule has 1 aromatic heterocycles. The third-order valence-corrected chi connectivity index (χ3v) is 4.46. The second-order valence-corrected chi connectivity index (χ2v) is 6.61. The quantitative estimate of drug-likeness (QED) is 0.879. The zero-order valence-electron chi connectivity index (χ0n) is 12.0. The summed E-state index contributed by atoms with van der Waals surface area (Å²) < 4.78 is 1.96. The van der Waals surface area contributed by atoms with Gasteiger partial charge in [0.2, 0.25) is 0 Å². The van der Waals surface area contributed by atoms with Crippen molar-refractivity contribution in [3.8, 4) is 0 Å². The summed E-state index contributed by atoms with van der Waals surface area (Å²) in [5.41, 5.74) is 0.418. The molecule has 4 heteroatoms. The van der Waals surface area contributed by atoms with E-state index in [1.165, 1.54) is 25.7 Å². The van der Waals surface area contributed by atoms with Crippen LogP contribution in [0.3, 0.4) is 0 Å². The van der Waals surface area contributed by atoms with Gasteiger partial charge in [0.25, 0.3) is 0 Å². The second-order valence-electron chi connectivity index (χ2n) is 6.61. The van der Waals surface area contributed by atoms with Crippen LogP contribution >= 0.6 is 0 Å². The van der Waals surface area contributed by atoms with Crippen molar-refractivity contribution in [2.45, 2.75) is 59.0 Å². The summed E-state index contributed by atoms with van der Waals surface area (Å²) >= 11 is 0. The molecule has 102 valence electrons. The van der Waals surface area contributed by atoms with Gasteiger partial charge in [-0.15, -0.1) is 10.2 Å². The smallest absolute Gasteiger partial charge is 0.158 e. The molecule has 1 fully saturated rings. The molecule has 18 heavy (non-hydrogen) atoms. The predicted octanol–water partition coefficient (Wildman–Crippen LogP) is 2.63. The van der Waals surface area contributed by atoms with E-state index in [-0.39, 0.29) is 6.61 Å². The summed E-state index contributed by atoms with van der Waals surface area (Å²) in [4.78, 5) is 0. The monoisotopic (exact) mass is 251 g/mol. The van der Waals surface area contributed by atoms with Crippen molar-refractivity contribution in [2.24, 2.45) is 18.4 Å². The Morgan fingerprint density at radius 2 is 1.78 bits per heavy atom. The van der Waals surface area contributed by atoms with Crippen LogP contribution in [-0.4, -0.2) is 19.9 Å². The van der Waals surface area contributed by atoms with Crippen molar-refractivity contribution in [1.29, 1.82) is 0 Å². The van der Waals surface area contributed by atoms with Gasteiger partial charge in [0.15, 0.2) is 5.82 Å². The summed E-state index contributed by atoms with van der Waals surface area (Å²) in [6, 6.07) is 0. The Labute approximate surface area is 109 Å². The fourth-order valence-corrected chi connectivity index (χ4v) is 3.09. The first-order valence-corrected chi connectivity index (χ1v) is 6.92. The highest BCUT2D eigenvalue weighted by atomic mass is 16.3. The van der Waals surface area contributed by atoms with Gasteiger partial charge in [-0.3, -0.25) is 0 Å². The van der Waals surface area contributed by atoms with Crippen LogP contribution in [0.4, 0.5) is 0 Å². The lowest BCUT2D eigenvalue weighted by molar-refractivity contribution is 0.166. The SMILES string of the molecule is Cn1c(CO)nnc1C1CCC(C(C)(C)C)CC1. The maximum atomic E-state index is 9.16. The van der Waals surface area contributed by atoms with E-state index in [4.69, 9.17) is 5.11 Å². The van der Waals surface area contributed by atoms with E-state index in [0.717, 1.165) is 11.7 Å². The predicted molar refractivity (Wildman–Crippen MR) is 71.1 cm³/mol. The third-order valence-electron chi connectivity index (χ3n) is 4.46. The molecule has 4 nitrogen and oxygen atoms in total. The molecule has 0 radical (unpaired) electrons. The van der Waals surface area contributed by atoms with Gasteiger partial charge in [0, 0.05) is 13.0 Å². The number of nitrogens with zero attached hydrogens (tertiary/aromatic N) is 3. The number of aromatic nitrogens is 3. The lowest BCUT2D eigenvalue weighted by atomic mass is 9.70. The van der Waals surface area contributed by atoms with Gasteiger partial charge in [0.05, 0.1) is 0 Å². The molecule has 0 spiro atoms. The molecule has 0 amide bonds. The molecule has 1 saturated carbocycles. The Bertz CT molecular complexity index is 398. The van der Waals surface area contributed by atoms with E-state index in [9.17, 15) is 0 Å². The number of hydrogen-bond donors (Lipinski definition) is 1. The van der Waals surface area contributed by atoms with Crippen molar-refractivity contribution < 1.29 is 5.11 Å². The number of aliphatic hydroxyl groups excluding tert-OH is 1. The van der Waals surface area contributed by atoms with Gasteiger partial charge in [-0.05, 0) is 37.0 Å². The molecular formula is C14H25N3O. The summed E-state index contributed by atoms with van der Waals surface area (Å²) in [6.07, 6.45) is 4.93. The highest BCUT2D eigenvalue weighted by molar-refractivity contribution is 5.03. The van der Waals surface area contributed by atoms with E-state index in [1.807, 2.05) is 11.6 Å². The van der Waals surface area contributed by atoms with Crippen LogP contribution in [0.2, 0.25) is 0 Å². The highest BCUT2D eigenvalue weighted by Gasteiger charge is 2.32. The van der Waals surface area contributed by atoms with Gasteiger partial charge in [0.1, 0.15) is 12.4 Å². The Kier molecular flexibility index (Phi) is 3.76. The molecule has 0 atom stereocenters. The first-order valence-electron chi connectivity index (χ1n) is 6.92. The van der Waals surface area contributed by atoms with Crippen LogP contribution < -0.4 is 0 Å². The lowest BCUT2D eigenvalue weighted by Crippen LogP contribution is -2.26. The molecule has 0 aliphatic heterocycles. The van der Waals surface area contributed by atoms with E-state index >= 15 is 0 Å². The molecule has 1 aliphatic rings. The largest absolute Gasteiger partial charge is 0.388 e. The normalized spacial score (nSPS) is 25.4. The van der Waals surface area contributed by atoms with Gasteiger partial charge in [-0.2, -0.15) is 0 Å². The molecule has 1 heterocycles. The Hall–Kier alpha value is -0.900. The minimum absolute atomic E-state index is 0.0269. The number of rotatable bonds is 2. The van der Waals surface area contributed by atoms with Crippen LogP contribution in [0.15, 0.2) is 0 Å². The van der Waals surface area contributed by atoms with Crippen LogP contribution in [0.25, 0.3) is 0 Å². The van der Waals surface area contributed by atoms with E-state index in [1.54, 1.807) is 0 Å². The van der Waals surface area contributed by atoms with E-state index in [0.29, 0.717) is 17.2 Å². The van der Waals surface area contributed by atoms with E-state index < -0.39 is 0 Å². The van der Waals surface area contributed by atoms with Gasteiger partial charge >= 0.3 is 0 Å². The first kappa shape index (κ1) is 13.5. The summed E-state index contributed by atoms with van der Waals surface area (Å²) in [5.74, 6) is 3.05. The lowest BCUT2D eigenvalue weighted by Gasteiger charge is -2.36. The zero-order chi connectivity index (χ0) is 13.3. The van der Waals surface area contributed by atoms with Gasteiger partial charge in [-0.1, -0.05) is 20.8 Å². The molecule has 1 aliphatic carbocycles. The fourth-order valence-electron chi connectivity index (χ4n) is 3.09. The van der Waals surface area contributed by atoms with E-state index in [2.05, 4.69) is 31.0 Å². The molecule has 1 aromatic rings. The van der Waals surface area contributed by atoms with Crippen molar-refractivity contribution in [2.75, 3.05) is 0 Å². The maximum absolute atomic E-state index is 9.16. The second kappa shape index (κ2) is 5.00. The first-order chi connectivity index (χ1) is 8.43. The van der Waals surface area contributed by atoms with Crippen LogP contribution in [0.5, 0.6) is 0 Å². The Balaban J connectivity index is 2.03. The van der Waals surface area contributed by atoms with Crippen molar-refractivity contribution in [3.05, 3.63) is 11.6 Å². The maximum Gasteiger partial charge on any atom is 0.158 e. The zero-order valence-corrected chi connectivity index (χ0v) is 12.0. The van der Waals surface area contributed by atoms with Crippen LogP contribution in [0.1, 0.15) is 64.0 Å². The van der Waals surface area contributed by atoms with Crippen molar-refractivity contribution in [3.63, 3.8) is 0 Å². The fraction of sp³-hybridized carbons (Fsp3) is 0.857. The highest BCUT2D eigenvalue weighted by Crippen LogP contribution is 2.42. The molecule has 0 unspecified atom stereocenters. The third kappa shape index (κ3) is 2.58.